The lowest BCUT2D eigenvalue weighted by Gasteiger charge is -2.22. The molecule has 1 atom stereocenters. The fourth-order valence-corrected chi connectivity index (χ4v) is 3.06. The largest absolute Gasteiger partial charge is 0.364 e. The van der Waals surface area contributed by atoms with E-state index in [4.69, 9.17) is 4.52 Å². The van der Waals surface area contributed by atoms with E-state index in [1.165, 1.54) is 4.90 Å². The van der Waals surface area contributed by atoms with Gasteiger partial charge in [0.1, 0.15) is 17.8 Å². The monoisotopic (exact) mass is 358 g/mol. The van der Waals surface area contributed by atoms with Gasteiger partial charge in [-0.1, -0.05) is 5.16 Å². The number of carbonyl (C=O) groups excluding carboxylic acids is 1. The smallest absolute Gasteiger partial charge is 0.291 e. The number of hydrogen-bond acceptors (Lipinski definition) is 7. The SMILES string of the molecule is Cc1conc1CN[C@@H]1CCN(c2nc(C(=O)N(C)C)nc(C)c2C)C1. The van der Waals surface area contributed by atoms with Crippen LogP contribution in [0.4, 0.5) is 5.82 Å². The molecule has 0 aromatic carbocycles. The van der Waals surface area contributed by atoms with Crippen LogP contribution < -0.4 is 10.2 Å². The van der Waals surface area contributed by atoms with Crippen LogP contribution in [-0.4, -0.2) is 59.2 Å². The molecule has 2 aromatic heterocycles. The van der Waals surface area contributed by atoms with Gasteiger partial charge >= 0.3 is 0 Å². The second kappa shape index (κ2) is 7.41. The topological polar surface area (TPSA) is 87.4 Å². The molecule has 8 heteroatoms. The molecular weight excluding hydrogens is 332 g/mol. The summed E-state index contributed by atoms with van der Waals surface area (Å²) in [5, 5.41) is 7.54. The van der Waals surface area contributed by atoms with E-state index >= 15 is 0 Å². The molecule has 0 bridgehead atoms. The molecule has 1 saturated heterocycles. The number of anilines is 1. The first-order valence-corrected chi connectivity index (χ1v) is 8.82. The van der Waals surface area contributed by atoms with E-state index in [0.29, 0.717) is 12.6 Å². The highest BCUT2D eigenvalue weighted by Gasteiger charge is 2.27. The maximum atomic E-state index is 12.3. The molecule has 0 saturated carbocycles. The molecule has 1 N–H and O–H groups in total. The molecule has 0 aliphatic carbocycles. The van der Waals surface area contributed by atoms with Crippen molar-refractivity contribution in [2.24, 2.45) is 0 Å². The van der Waals surface area contributed by atoms with Crippen molar-refractivity contribution in [2.75, 3.05) is 32.1 Å². The molecular formula is C18H26N6O2. The summed E-state index contributed by atoms with van der Waals surface area (Å²) in [6, 6.07) is 0.341. The third-order valence-corrected chi connectivity index (χ3v) is 4.85. The van der Waals surface area contributed by atoms with E-state index in [2.05, 4.69) is 25.3 Å². The van der Waals surface area contributed by atoms with Crippen molar-refractivity contribution >= 4 is 11.7 Å². The minimum Gasteiger partial charge on any atom is -0.364 e. The molecule has 140 valence electrons. The van der Waals surface area contributed by atoms with Crippen LogP contribution in [0.5, 0.6) is 0 Å². The first-order valence-electron chi connectivity index (χ1n) is 8.82. The fraction of sp³-hybridized carbons (Fsp3) is 0.556. The van der Waals surface area contributed by atoms with Gasteiger partial charge in [0.2, 0.25) is 5.82 Å². The summed E-state index contributed by atoms with van der Waals surface area (Å²) in [6.45, 7) is 8.34. The van der Waals surface area contributed by atoms with Crippen LogP contribution in [0.25, 0.3) is 0 Å². The van der Waals surface area contributed by atoms with Gasteiger partial charge in [0.05, 0.1) is 0 Å². The molecule has 1 aliphatic rings. The van der Waals surface area contributed by atoms with E-state index < -0.39 is 0 Å². The number of nitrogens with one attached hydrogen (secondary N) is 1. The number of aryl methyl sites for hydroxylation is 2. The van der Waals surface area contributed by atoms with Crippen LogP contribution in [0.15, 0.2) is 10.8 Å². The van der Waals surface area contributed by atoms with Crippen molar-refractivity contribution in [3.05, 3.63) is 34.6 Å². The van der Waals surface area contributed by atoms with Gasteiger partial charge < -0.3 is 19.6 Å². The summed E-state index contributed by atoms with van der Waals surface area (Å²) in [4.78, 5) is 24.9. The molecule has 1 fully saturated rings. The van der Waals surface area contributed by atoms with Gasteiger partial charge in [-0.3, -0.25) is 4.79 Å². The predicted octanol–water partition coefficient (Wildman–Crippen LogP) is 1.46. The lowest BCUT2D eigenvalue weighted by atomic mass is 10.2. The Labute approximate surface area is 153 Å². The summed E-state index contributed by atoms with van der Waals surface area (Å²) in [7, 11) is 3.42. The summed E-state index contributed by atoms with van der Waals surface area (Å²) in [5.41, 5.74) is 3.86. The average Bonchev–Trinajstić information content (AvgIpc) is 3.23. The Morgan fingerprint density at radius 2 is 2.12 bits per heavy atom. The summed E-state index contributed by atoms with van der Waals surface area (Å²) in [6.07, 6.45) is 2.67. The molecule has 0 unspecified atom stereocenters. The highest BCUT2D eigenvalue weighted by molar-refractivity contribution is 5.90. The number of rotatable bonds is 5. The Morgan fingerprint density at radius 3 is 2.77 bits per heavy atom. The van der Waals surface area contributed by atoms with Crippen LogP contribution in [0, 0.1) is 20.8 Å². The Bertz CT molecular complexity index is 801. The standard InChI is InChI=1S/C18H26N6O2/c1-11-10-26-22-15(11)8-19-14-6-7-24(9-14)17-12(2)13(3)20-16(21-17)18(25)23(4)5/h10,14,19H,6-9H2,1-5H3/t14-/m1/s1. The van der Waals surface area contributed by atoms with Crippen molar-refractivity contribution in [3.63, 3.8) is 0 Å². The third kappa shape index (κ3) is 3.70. The van der Waals surface area contributed by atoms with Gasteiger partial charge in [0.15, 0.2) is 0 Å². The van der Waals surface area contributed by atoms with Gasteiger partial charge in [-0.15, -0.1) is 0 Å². The zero-order valence-corrected chi connectivity index (χ0v) is 16.0. The second-order valence-electron chi connectivity index (χ2n) is 7.04. The van der Waals surface area contributed by atoms with Gasteiger partial charge in [-0.2, -0.15) is 0 Å². The van der Waals surface area contributed by atoms with E-state index in [1.54, 1.807) is 20.4 Å². The second-order valence-corrected chi connectivity index (χ2v) is 7.04. The Balaban J connectivity index is 1.71. The van der Waals surface area contributed by atoms with Crippen molar-refractivity contribution in [1.29, 1.82) is 0 Å². The predicted molar refractivity (Wildman–Crippen MR) is 98.2 cm³/mol. The number of nitrogens with zero attached hydrogens (tertiary/aromatic N) is 5. The van der Waals surface area contributed by atoms with Gasteiger partial charge in [-0.05, 0) is 27.2 Å². The lowest BCUT2D eigenvalue weighted by molar-refractivity contribution is 0.0815. The number of amides is 1. The normalized spacial score (nSPS) is 17.0. The summed E-state index contributed by atoms with van der Waals surface area (Å²) >= 11 is 0. The van der Waals surface area contributed by atoms with Crippen molar-refractivity contribution in [1.82, 2.24) is 25.3 Å². The zero-order chi connectivity index (χ0) is 18.8. The van der Waals surface area contributed by atoms with Crippen LogP contribution in [-0.2, 0) is 6.54 Å². The van der Waals surface area contributed by atoms with Crippen molar-refractivity contribution < 1.29 is 9.32 Å². The third-order valence-electron chi connectivity index (χ3n) is 4.85. The molecule has 2 aromatic rings. The van der Waals surface area contributed by atoms with E-state index in [0.717, 1.165) is 47.8 Å². The molecule has 26 heavy (non-hydrogen) atoms. The summed E-state index contributed by atoms with van der Waals surface area (Å²) < 4.78 is 4.98. The minimum absolute atomic E-state index is 0.176. The van der Waals surface area contributed by atoms with Crippen molar-refractivity contribution in [3.8, 4) is 0 Å². The van der Waals surface area contributed by atoms with Gasteiger partial charge in [0, 0.05) is 56.6 Å². The quantitative estimate of drug-likeness (QED) is 0.866. The minimum atomic E-state index is -0.176. The van der Waals surface area contributed by atoms with Crippen LogP contribution in [0.3, 0.4) is 0 Å². The highest BCUT2D eigenvalue weighted by atomic mass is 16.5. The Morgan fingerprint density at radius 1 is 1.35 bits per heavy atom. The van der Waals surface area contributed by atoms with Crippen LogP contribution in [0.1, 0.15) is 39.6 Å². The number of aromatic nitrogens is 3. The summed E-state index contributed by atoms with van der Waals surface area (Å²) in [5.74, 6) is 0.928. The Hall–Kier alpha value is -2.48. The van der Waals surface area contributed by atoms with Crippen LogP contribution >= 0.6 is 0 Å². The van der Waals surface area contributed by atoms with Crippen LogP contribution in [0.2, 0.25) is 0 Å². The van der Waals surface area contributed by atoms with E-state index in [-0.39, 0.29) is 11.7 Å². The molecule has 0 spiro atoms. The molecule has 8 nitrogen and oxygen atoms in total. The lowest BCUT2D eigenvalue weighted by Crippen LogP contribution is -2.33. The maximum absolute atomic E-state index is 12.3. The first kappa shape index (κ1) is 18.3. The molecule has 3 heterocycles. The fourth-order valence-electron chi connectivity index (χ4n) is 3.06. The zero-order valence-electron chi connectivity index (χ0n) is 16.0. The first-order chi connectivity index (χ1) is 12.4. The maximum Gasteiger partial charge on any atom is 0.291 e. The Kier molecular flexibility index (Phi) is 5.22. The molecule has 1 aliphatic heterocycles. The van der Waals surface area contributed by atoms with E-state index in [1.807, 2.05) is 20.8 Å². The van der Waals surface area contributed by atoms with E-state index in [9.17, 15) is 4.79 Å². The molecule has 1 amide bonds. The van der Waals surface area contributed by atoms with Gasteiger partial charge in [-0.25, -0.2) is 9.97 Å². The average molecular weight is 358 g/mol. The molecule has 0 radical (unpaired) electrons. The number of carbonyl (C=O) groups is 1. The molecule has 3 rings (SSSR count). The number of hydrogen-bond donors (Lipinski definition) is 1. The van der Waals surface area contributed by atoms with Gasteiger partial charge in [0.25, 0.3) is 5.91 Å². The highest BCUT2D eigenvalue weighted by Crippen LogP contribution is 2.24. The van der Waals surface area contributed by atoms with Crippen molar-refractivity contribution in [2.45, 2.75) is 39.8 Å².